The van der Waals surface area contributed by atoms with Gasteiger partial charge in [-0.25, -0.2) is 0 Å². The molecule has 6 heterocycles. The van der Waals surface area contributed by atoms with E-state index in [2.05, 4.69) is 0 Å². The first-order valence-corrected chi connectivity index (χ1v) is 23.3. The Morgan fingerprint density at radius 2 is 1.00 bits per heavy atom. The number of rotatable bonds is 8. The molecule has 0 radical (unpaired) electrons. The van der Waals surface area contributed by atoms with E-state index < -0.39 is 46.5 Å². The van der Waals surface area contributed by atoms with Gasteiger partial charge in [0, 0.05) is 76.1 Å². The van der Waals surface area contributed by atoms with E-state index in [1.54, 1.807) is 36.2 Å². The lowest BCUT2D eigenvalue weighted by atomic mass is 9.90. The van der Waals surface area contributed by atoms with Crippen molar-refractivity contribution in [2.24, 2.45) is 11.8 Å². The Morgan fingerprint density at radius 1 is 0.612 bits per heavy atom. The number of benzene rings is 2. The van der Waals surface area contributed by atoms with E-state index in [1.807, 2.05) is 6.92 Å². The SMILES string of the molecule is COC1(C)CN(C(=O)C2CCN(C(=O)c3oc4c(C(F)(F)F)cc(C5CC5)cc4c3Cl)CC2)C1.COC1CN(C(=O)C2CCN(C(=O)c3oc4c(C(F)(F)F)cc(C5CC5)cc4c3Cl)CC2)C1. The van der Waals surface area contributed by atoms with Crippen LogP contribution < -0.4 is 0 Å². The molecule has 2 saturated carbocycles. The summed E-state index contributed by atoms with van der Waals surface area (Å²) in [5.74, 6) is -1.77. The minimum Gasteiger partial charge on any atom is -0.449 e. The first-order chi connectivity index (χ1) is 31.7. The molecule has 362 valence electrons. The van der Waals surface area contributed by atoms with Crippen molar-refractivity contribution in [3.63, 3.8) is 0 Å². The zero-order chi connectivity index (χ0) is 47.9. The summed E-state index contributed by atoms with van der Waals surface area (Å²) >= 11 is 12.8. The Labute approximate surface area is 391 Å². The van der Waals surface area contributed by atoms with Gasteiger partial charge in [0.15, 0.2) is 0 Å². The number of carbonyl (C=O) groups is 4. The Kier molecular flexibility index (Phi) is 12.6. The topological polar surface area (TPSA) is 126 Å². The number of fused-ring (bicyclic) bond motifs is 2. The van der Waals surface area contributed by atoms with Crippen molar-refractivity contribution in [1.82, 2.24) is 19.6 Å². The Balaban J connectivity index is 0.000000168. The molecule has 0 spiro atoms. The zero-order valence-corrected chi connectivity index (χ0v) is 38.6. The largest absolute Gasteiger partial charge is 0.449 e. The van der Waals surface area contributed by atoms with Crippen LogP contribution in [0.25, 0.3) is 21.9 Å². The molecular weight excluding hydrogens is 933 g/mol. The van der Waals surface area contributed by atoms with Gasteiger partial charge in [-0.05, 0) is 106 Å². The van der Waals surface area contributed by atoms with E-state index in [0.29, 0.717) is 89.2 Å². The van der Waals surface area contributed by atoms with Crippen LogP contribution in [0.15, 0.2) is 33.1 Å². The van der Waals surface area contributed by atoms with Gasteiger partial charge in [-0.2, -0.15) is 26.3 Å². The fourth-order valence-electron chi connectivity index (χ4n) is 9.66. The Hall–Kier alpha value is -4.52. The molecule has 2 aromatic heterocycles. The lowest BCUT2D eigenvalue weighted by molar-refractivity contribution is -0.163. The molecule has 10 rings (SSSR count). The van der Waals surface area contributed by atoms with Crippen LogP contribution in [0.5, 0.6) is 0 Å². The van der Waals surface area contributed by atoms with Crippen LogP contribution in [0.4, 0.5) is 26.3 Å². The number of hydrogen-bond donors (Lipinski definition) is 0. The summed E-state index contributed by atoms with van der Waals surface area (Å²) in [6.07, 6.45) is -3.92. The van der Waals surface area contributed by atoms with Crippen molar-refractivity contribution >= 4 is 68.8 Å². The standard InChI is InChI=1S/C24H26ClF3N2O4.C23H24ClF3N2O4/c1-23(33-2)11-30(12-23)21(31)14-5-7-29(8-6-14)22(32)20-18(25)16-9-15(13-3-4-13)10-17(19(16)34-20)24(26,27)28;1-32-15-10-29(11-15)21(30)13-4-6-28(7-5-13)22(31)20-18(24)16-8-14(12-2-3-12)9-17(19(16)33-20)23(25,26)27/h9-10,13-14H,3-8,11-12H2,1-2H3;8-9,12-13,15H,2-7,10-11H2,1H3. The highest BCUT2D eigenvalue weighted by Gasteiger charge is 2.45. The van der Waals surface area contributed by atoms with Crippen LogP contribution in [0.3, 0.4) is 0 Å². The maximum atomic E-state index is 13.7. The highest BCUT2D eigenvalue weighted by molar-refractivity contribution is 6.39. The van der Waals surface area contributed by atoms with E-state index >= 15 is 0 Å². The number of piperidine rings is 2. The average Bonchev–Trinajstić information content (AvgIpc) is 4.23. The average molecular weight is 984 g/mol. The molecule has 4 saturated heterocycles. The van der Waals surface area contributed by atoms with E-state index in [9.17, 15) is 45.5 Å². The summed E-state index contributed by atoms with van der Waals surface area (Å²) in [5.41, 5.74) is -1.80. The van der Waals surface area contributed by atoms with Gasteiger partial charge in [-0.1, -0.05) is 23.2 Å². The van der Waals surface area contributed by atoms with Gasteiger partial charge < -0.3 is 37.9 Å². The Bertz CT molecular complexity index is 2590. The van der Waals surface area contributed by atoms with Gasteiger partial charge in [0.25, 0.3) is 11.8 Å². The van der Waals surface area contributed by atoms with Crippen molar-refractivity contribution in [2.45, 2.75) is 94.2 Å². The number of hydrogen-bond acceptors (Lipinski definition) is 8. The number of ether oxygens (including phenoxy) is 2. The quantitative estimate of drug-likeness (QED) is 0.160. The molecule has 20 heteroatoms. The molecule has 0 atom stereocenters. The third-order valence-electron chi connectivity index (χ3n) is 14.2. The van der Waals surface area contributed by atoms with Crippen molar-refractivity contribution in [1.29, 1.82) is 0 Å². The van der Waals surface area contributed by atoms with Crippen molar-refractivity contribution < 1.29 is 63.8 Å². The molecule has 0 unspecified atom stereocenters. The first kappa shape index (κ1) is 47.5. The van der Waals surface area contributed by atoms with Gasteiger partial charge >= 0.3 is 12.4 Å². The number of halogens is 8. The zero-order valence-electron chi connectivity index (χ0n) is 37.1. The van der Waals surface area contributed by atoms with Crippen molar-refractivity contribution in [2.75, 3.05) is 66.6 Å². The smallest absolute Gasteiger partial charge is 0.420 e. The van der Waals surface area contributed by atoms with Gasteiger partial charge in [-0.15, -0.1) is 0 Å². The molecule has 0 N–H and O–H groups in total. The molecule has 6 aliphatic rings. The number of amides is 4. The predicted molar refractivity (Wildman–Crippen MR) is 233 cm³/mol. The fourth-order valence-corrected chi connectivity index (χ4v) is 10.2. The monoisotopic (exact) mass is 982 g/mol. The van der Waals surface area contributed by atoms with Gasteiger partial charge in [0.1, 0.15) is 11.2 Å². The summed E-state index contributed by atoms with van der Waals surface area (Å²) in [5, 5.41) is 0.0519. The third-order valence-corrected chi connectivity index (χ3v) is 15.0. The fraction of sp³-hybridized carbons (Fsp3) is 0.574. The summed E-state index contributed by atoms with van der Waals surface area (Å²) in [7, 11) is 3.24. The highest BCUT2D eigenvalue weighted by atomic mass is 35.5. The van der Waals surface area contributed by atoms with Crippen LogP contribution in [0, 0.1) is 11.8 Å². The van der Waals surface area contributed by atoms with Crippen LogP contribution >= 0.6 is 23.2 Å². The molecule has 67 heavy (non-hydrogen) atoms. The predicted octanol–water partition coefficient (Wildman–Crippen LogP) is 9.77. The van der Waals surface area contributed by atoms with Crippen LogP contribution in [-0.4, -0.2) is 122 Å². The van der Waals surface area contributed by atoms with Gasteiger partial charge in [-0.3, -0.25) is 19.2 Å². The van der Waals surface area contributed by atoms with Gasteiger partial charge in [0.2, 0.25) is 23.3 Å². The minimum atomic E-state index is -4.63. The molecule has 6 fully saturated rings. The summed E-state index contributed by atoms with van der Waals surface area (Å²) < 4.78 is 104. The number of carbonyl (C=O) groups excluding carboxylic acids is 4. The van der Waals surface area contributed by atoms with Crippen molar-refractivity contribution in [3.8, 4) is 0 Å². The van der Waals surface area contributed by atoms with E-state index in [4.69, 9.17) is 41.5 Å². The highest BCUT2D eigenvalue weighted by Crippen LogP contribution is 2.49. The maximum absolute atomic E-state index is 13.7. The second-order valence-corrected chi connectivity index (χ2v) is 19.8. The van der Waals surface area contributed by atoms with E-state index in [0.717, 1.165) is 37.8 Å². The molecule has 2 aliphatic carbocycles. The summed E-state index contributed by atoms with van der Waals surface area (Å²) in [6.45, 7) is 5.41. The molecule has 4 aromatic rings. The second-order valence-electron chi connectivity index (χ2n) is 19.0. The molecular formula is C47H50Cl2F6N4O8. The summed E-state index contributed by atoms with van der Waals surface area (Å²) in [4.78, 5) is 58.1. The van der Waals surface area contributed by atoms with Gasteiger partial charge in [0.05, 0.1) is 46.0 Å². The third kappa shape index (κ3) is 9.36. The number of furan rings is 2. The van der Waals surface area contributed by atoms with E-state index in [-0.39, 0.29) is 79.5 Å². The van der Waals surface area contributed by atoms with Crippen LogP contribution in [-0.2, 0) is 31.4 Å². The minimum absolute atomic E-state index is 0.0471. The number of nitrogens with zero attached hydrogens (tertiary/aromatic N) is 4. The molecule has 12 nitrogen and oxygen atoms in total. The number of alkyl halides is 6. The molecule has 4 amide bonds. The normalized spacial score (nSPS) is 20.8. The first-order valence-electron chi connectivity index (χ1n) is 22.6. The molecule has 4 aliphatic heterocycles. The molecule has 0 bridgehead atoms. The van der Waals surface area contributed by atoms with Crippen molar-refractivity contribution in [3.05, 3.63) is 68.1 Å². The number of methoxy groups -OCH3 is 2. The lowest BCUT2D eigenvalue weighted by Crippen LogP contribution is -2.64. The number of likely N-dealkylation sites (tertiary alicyclic amines) is 4. The van der Waals surface area contributed by atoms with Crippen LogP contribution in [0.2, 0.25) is 10.0 Å². The van der Waals surface area contributed by atoms with E-state index in [1.165, 1.54) is 9.80 Å². The second kappa shape index (κ2) is 17.8. The Morgan fingerprint density at radius 3 is 1.34 bits per heavy atom. The maximum Gasteiger partial charge on any atom is 0.420 e. The molecule has 2 aromatic carbocycles. The van der Waals surface area contributed by atoms with Crippen LogP contribution in [0.1, 0.15) is 113 Å². The summed E-state index contributed by atoms with van der Waals surface area (Å²) in [6, 6.07) is 5.43. The lowest BCUT2D eigenvalue weighted by Gasteiger charge is -2.48.